The molecule has 1 saturated heterocycles. The van der Waals surface area contributed by atoms with Crippen LogP contribution < -0.4 is 16.2 Å². The third-order valence-corrected chi connectivity index (χ3v) is 6.17. The standard InChI is InChI=1S/C21H25N3O4/c1-2-16-18(23-20(26)17(19(16)25)21(27)28)11-3-5-15(6-4-11)24-9-12-7-14(22)8-13(12)10-24/h3-6,12-14H,2,7-10,22H2,1H3,(H,27,28)(H2,23,25,26)/t12-,13+,14+. The van der Waals surface area contributed by atoms with Crippen LogP contribution in [0.5, 0.6) is 5.75 Å². The third-order valence-electron chi connectivity index (χ3n) is 6.17. The van der Waals surface area contributed by atoms with Gasteiger partial charge < -0.3 is 25.8 Å². The number of carboxylic acid groups (broad SMARTS) is 1. The number of pyridine rings is 1. The Kier molecular flexibility index (Phi) is 4.63. The van der Waals surface area contributed by atoms with Crippen LogP contribution in [0.25, 0.3) is 11.3 Å². The molecule has 7 heteroatoms. The number of aromatic hydroxyl groups is 1. The van der Waals surface area contributed by atoms with Crippen LogP contribution in [0.15, 0.2) is 29.1 Å². The number of carboxylic acids is 1. The highest BCUT2D eigenvalue weighted by atomic mass is 16.4. The number of aromatic amines is 1. The molecule has 7 nitrogen and oxygen atoms in total. The third kappa shape index (κ3) is 3.05. The van der Waals surface area contributed by atoms with E-state index in [1.54, 1.807) is 0 Å². The summed E-state index contributed by atoms with van der Waals surface area (Å²) in [5, 5.41) is 19.5. The number of hydrogen-bond donors (Lipinski definition) is 4. The molecule has 1 aromatic carbocycles. The minimum Gasteiger partial charge on any atom is -0.506 e. The second-order valence-corrected chi connectivity index (χ2v) is 7.89. The molecule has 2 fully saturated rings. The Hall–Kier alpha value is -2.80. The molecule has 3 atom stereocenters. The van der Waals surface area contributed by atoms with E-state index in [9.17, 15) is 19.8 Å². The first-order valence-electron chi connectivity index (χ1n) is 9.71. The Morgan fingerprint density at radius 1 is 1.21 bits per heavy atom. The second kappa shape index (κ2) is 6.98. The summed E-state index contributed by atoms with van der Waals surface area (Å²) in [6.07, 6.45) is 2.58. The van der Waals surface area contributed by atoms with Crippen molar-refractivity contribution in [2.24, 2.45) is 17.6 Å². The Morgan fingerprint density at radius 3 is 2.36 bits per heavy atom. The zero-order valence-electron chi connectivity index (χ0n) is 15.8. The van der Waals surface area contributed by atoms with Gasteiger partial charge in [0.25, 0.3) is 5.56 Å². The largest absolute Gasteiger partial charge is 0.506 e. The van der Waals surface area contributed by atoms with Gasteiger partial charge >= 0.3 is 5.97 Å². The van der Waals surface area contributed by atoms with Gasteiger partial charge in [0.15, 0.2) is 5.56 Å². The molecular formula is C21H25N3O4. The van der Waals surface area contributed by atoms with E-state index in [1.807, 2.05) is 31.2 Å². The lowest BCUT2D eigenvalue weighted by Gasteiger charge is -2.21. The van der Waals surface area contributed by atoms with Crippen LogP contribution in [-0.4, -0.2) is 40.3 Å². The van der Waals surface area contributed by atoms with Crippen LogP contribution in [0, 0.1) is 11.8 Å². The van der Waals surface area contributed by atoms with Crippen molar-refractivity contribution >= 4 is 11.7 Å². The molecule has 5 N–H and O–H groups in total. The highest BCUT2D eigenvalue weighted by Gasteiger charge is 2.39. The van der Waals surface area contributed by atoms with E-state index in [-0.39, 0.29) is 0 Å². The molecule has 4 rings (SSSR count). The monoisotopic (exact) mass is 383 g/mol. The van der Waals surface area contributed by atoms with Crippen LogP contribution in [0.1, 0.15) is 35.7 Å². The summed E-state index contributed by atoms with van der Waals surface area (Å²) in [5.41, 5.74) is 7.41. The van der Waals surface area contributed by atoms with Crippen molar-refractivity contribution in [2.75, 3.05) is 18.0 Å². The van der Waals surface area contributed by atoms with E-state index in [1.165, 1.54) is 0 Å². The summed E-state index contributed by atoms with van der Waals surface area (Å²) < 4.78 is 0. The molecule has 28 heavy (non-hydrogen) atoms. The highest BCUT2D eigenvalue weighted by molar-refractivity contribution is 5.92. The fraction of sp³-hybridized carbons (Fsp3) is 0.429. The first kappa shape index (κ1) is 18.6. The predicted molar refractivity (Wildman–Crippen MR) is 107 cm³/mol. The molecule has 0 spiro atoms. The van der Waals surface area contributed by atoms with E-state index in [2.05, 4.69) is 9.88 Å². The van der Waals surface area contributed by atoms with Gasteiger partial charge in [0.1, 0.15) is 5.75 Å². The Bertz CT molecular complexity index is 953. The summed E-state index contributed by atoms with van der Waals surface area (Å²) in [7, 11) is 0. The van der Waals surface area contributed by atoms with Gasteiger partial charge in [-0.1, -0.05) is 19.1 Å². The van der Waals surface area contributed by atoms with Gasteiger partial charge in [0, 0.05) is 30.4 Å². The van der Waals surface area contributed by atoms with Crippen molar-refractivity contribution in [1.82, 2.24) is 4.98 Å². The van der Waals surface area contributed by atoms with E-state index >= 15 is 0 Å². The fourth-order valence-electron chi connectivity index (χ4n) is 4.81. The minimum absolute atomic E-state index is 0.338. The van der Waals surface area contributed by atoms with Gasteiger partial charge in [0.05, 0.1) is 5.69 Å². The van der Waals surface area contributed by atoms with Crippen molar-refractivity contribution < 1.29 is 15.0 Å². The summed E-state index contributed by atoms with van der Waals surface area (Å²) in [6, 6.07) is 8.16. The summed E-state index contributed by atoms with van der Waals surface area (Å²) in [6.45, 7) is 3.84. The number of benzene rings is 1. The van der Waals surface area contributed by atoms with Crippen LogP contribution >= 0.6 is 0 Å². The predicted octanol–water partition coefficient (Wildman–Crippen LogP) is 2.18. The molecule has 1 aromatic heterocycles. The lowest BCUT2D eigenvalue weighted by Crippen LogP contribution is -2.25. The molecule has 1 aliphatic heterocycles. The summed E-state index contributed by atoms with van der Waals surface area (Å²) in [5.74, 6) is -0.562. The van der Waals surface area contributed by atoms with Crippen LogP contribution in [0.4, 0.5) is 5.69 Å². The van der Waals surface area contributed by atoms with E-state index in [0.717, 1.165) is 37.2 Å². The van der Waals surface area contributed by atoms with Gasteiger partial charge in [-0.05, 0) is 48.8 Å². The van der Waals surface area contributed by atoms with Crippen LogP contribution in [0.3, 0.4) is 0 Å². The lowest BCUT2D eigenvalue weighted by atomic mass is 10.0. The average molecular weight is 383 g/mol. The molecule has 2 aromatic rings. The number of nitrogens with one attached hydrogen (secondary N) is 1. The molecule has 0 unspecified atom stereocenters. The summed E-state index contributed by atoms with van der Waals surface area (Å²) in [4.78, 5) is 28.4. The molecule has 0 amide bonds. The molecule has 1 saturated carbocycles. The van der Waals surface area contributed by atoms with Crippen molar-refractivity contribution in [2.45, 2.75) is 32.2 Å². The number of aromatic carboxylic acids is 1. The van der Waals surface area contributed by atoms with Crippen molar-refractivity contribution in [3.63, 3.8) is 0 Å². The van der Waals surface area contributed by atoms with Crippen LogP contribution in [0.2, 0.25) is 0 Å². The van der Waals surface area contributed by atoms with Gasteiger partial charge in [-0.25, -0.2) is 4.79 Å². The number of nitrogens with two attached hydrogens (primary N) is 1. The molecule has 1 aliphatic carbocycles. The molecule has 2 aliphatic rings. The van der Waals surface area contributed by atoms with Crippen molar-refractivity contribution in [1.29, 1.82) is 0 Å². The molecular weight excluding hydrogens is 358 g/mol. The topological polar surface area (TPSA) is 120 Å². The van der Waals surface area contributed by atoms with Gasteiger partial charge in [-0.15, -0.1) is 0 Å². The first-order chi connectivity index (χ1) is 13.4. The average Bonchev–Trinajstić information content (AvgIpc) is 3.18. The Morgan fingerprint density at radius 2 is 1.82 bits per heavy atom. The zero-order chi connectivity index (χ0) is 20.0. The summed E-state index contributed by atoms with van der Waals surface area (Å²) >= 11 is 0. The number of fused-ring (bicyclic) bond motifs is 1. The smallest absolute Gasteiger partial charge is 0.345 e. The lowest BCUT2D eigenvalue weighted by molar-refractivity contribution is 0.0691. The number of carbonyl (C=O) groups is 1. The minimum atomic E-state index is -1.44. The quantitative estimate of drug-likeness (QED) is 0.642. The number of aromatic nitrogens is 1. The normalized spacial score (nSPS) is 23.8. The number of H-pyrrole nitrogens is 1. The maximum Gasteiger partial charge on any atom is 0.345 e. The van der Waals surface area contributed by atoms with Crippen molar-refractivity contribution in [3.8, 4) is 17.0 Å². The fourth-order valence-corrected chi connectivity index (χ4v) is 4.81. The Labute approximate surface area is 162 Å². The van der Waals surface area contributed by atoms with Gasteiger partial charge in [0.2, 0.25) is 0 Å². The zero-order valence-corrected chi connectivity index (χ0v) is 15.8. The van der Waals surface area contributed by atoms with E-state index < -0.39 is 22.8 Å². The number of nitrogens with zero attached hydrogens (tertiary/aromatic N) is 1. The maximum atomic E-state index is 12.1. The van der Waals surface area contributed by atoms with Gasteiger partial charge in [-0.3, -0.25) is 4.79 Å². The van der Waals surface area contributed by atoms with Crippen molar-refractivity contribution in [3.05, 3.63) is 45.7 Å². The molecule has 2 heterocycles. The number of anilines is 1. The SMILES string of the molecule is CCc1c(-c2ccc(N3C[C@H]4C[C@H](N)C[C@H]4C3)cc2)[nH]c(=O)c(C(=O)O)c1O. The molecule has 0 radical (unpaired) electrons. The maximum absolute atomic E-state index is 12.1. The van der Waals surface area contributed by atoms with E-state index in [0.29, 0.717) is 35.6 Å². The van der Waals surface area contributed by atoms with Gasteiger partial charge in [-0.2, -0.15) is 0 Å². The van der Waals surface area contributed by atoms with Crippen LogP contribution in [-0.2, 0) is 6.42 Å². The highest BCUT2D eigenvalue weighted by Crippen LogP contribution is 2.39. The molecule has 0 bridgehead atoms. The number of rotatable bonds is 4. The van der Waals surface area contributed by atoms with E-state index in [4.69, 9.17) is 5.73 Å². The molecule has 148 valence electrons. The second-order valence-electron chi connectivity index (χ2n) is 7.89. The first-order valence-corrected chi connectivity index (χ1v) is 9.71. The Balaban J connectivity index is 1.63. The number of hydrogen-bond acceptors (Lipinski definition) is 5.